The minimum Gasteiger partial charge on any atom is -0.481 e. The SMILES string of the molecule is CC(=O)OCC(=O)C(CC(=O)O)NC(=O)CN1C=CCN(c2ccccc2)C1=O.c1ccc2ccccc2c1. The fourth-order valence-corrected chi connectivity index (χ4v) is 3.74. The molecule has 0 bridgehead atoms. The van der Waals surface area contributed by atoms with Crippen molar-refractivity contribution in [3.63, 3.8) is 0 Å². The van der Waals surface area contributed by atoms with E-state index in [4.69, 9.17) is 5.11 Å². The molecule has 0 radical (unpaired) electrons. The maximum atomic E-state index is 12.6. The van der Waals surface area contributed by atoms with E-state index >= 15 is 0 Å². The molecule has 2 N–H and O–H groups in total. The molecule has 1 aliphatic heterocycles. The molecule has 0 spiro atoms. The van der Waals surface area contributed by atoms with Crippen molar-refractivity contribution >= 4 is 46.1 Å². The molecule has 39 heavy (non-hydrogen) atoms. The van der Waals surface area contributed by atoms with Crippen molar-refractivity contribution in [1.29, 1.82) is 0 Å². The molecular formula is C29H29N3O7. The lowest BCUT2D eigenvalue weighted by molar-refractivity contribution is -0.147. The van der Waals surface area contributed by atoms with Crippen molar-refractivity contribution in [3.05, 3.63) is 91.1 Å². The zero-order valence-corrected chi connectivity index (χ0v) is 21.4. The summed E-state index contributed by atoms with van der Waals surface area (Å²) in [6.45, 7) is 0.377. The highest BCUT2D eigenvalue weighted by Crippen LogP contribution is 2.18. The van der Waals surface area contributed by atoms with Gasteiger partial charge in [0, 0.05) is 25.4 Å². The molecule has 10 nitrogen and oxygen atoms in total. The number of carbonyl (C=O) groups is 5. The van der Waals surface area contributed by atoms with Gasteiger partial charge in [0.15, 0.2) is 12.4 Å². The number of carboxylic acids is 1. The van der Waals surface area contributed by atoms with Gasteiger partial charge in [-0.05, 0) is 29.0 Å². The van der Waals surface area contributed by atoms with Gasteiger partial charge in [0.05, 0.1) is 6.42 Å². The number of rotatable bonds is 9. The van der Waals surface area contributed by atoms with Crippen molar-refractivity contribution < 1.29 is 33.8 Å². The van der Waals surface area contributed by atoms with Gasteiger partial charge in [-0.3, -0.25) is 29.0 Å². The second kappa shape index (κ2) is 14.1. The summed E-state index contributed by atoms with van der Waals surface area (Å²) in [4.78, 5) is 61.4. The van der Waals surface area contributed by atoms with Crippen LogP contribution in [0.3, 0.4) is 0 Å². The molecular weight excluding hydrogens is 502 g/mol. The van der Waals surface area contributed by atoms with E-state index in [0.717, 1.165) is 11.8 Å². The zero-order chi connectivity index (χ0) is 28.2. The second-order valence-electron chi connectivity index (χ2n) is 8.55. The predicted octanol–water partition coefficient (Wildman–Crippen LogP) is 3.37. The number of aliphatic carboxylic acids is 1. The third-order valence-corrected chi connectivity index (χ3v) is 5.61. The van der Waals surface area contributed by atoms with Crippen LogP contribution in [0.5, 0.6) is 0 Å². The fraction of sp³-hybridized carbons (Fsp3) is 0.207. The van der Waals surface area contributed by atoms with Crippen LogP contribution in [0.4, 0.5) is 10.5 Å². The lowest BCUT2D eigenvalue weighted by Gasteiger charge is -2.31. The van der Waals surface area contributed by atoms with Crippen LogP contribution in [-0.4, -0.2) is 65.4 Å². The fourth-order valence-electron chi connectivity index (χ4n) is 3.74. The molecule has 0 aliphatic carbocycles. The molecule has 4 rings (SSSR count). The van der Waals surface area contributed by atoms with Crippen molar-refractivity contribution in [2.45, 2.75) is 19.4 Å². The maximum absolute atomic E-state index is 12.6. The molecule has 202 valence electrons. The first-order chi connectivity index (χ1) is 18.7. The number of carbonyl (C=O) groups excluding carboxylic acids is 4. The van der Waals surface area contributed by atoms with Crippen molar-refractivity contribution in [2.75, 3.05) is 24.6 Å². The molecule has 3 aromatic rings. The summed E-state index contributed by atoms with van der Waals surface area (Å²) >= 11 is 0. The van der Waals surface area contributed by atoms with Crippen LogP contribution in [0.2, 0.25) is 0 Å². The lowest BCUT2D eigenvalue weighted by atomic mass is 10.1. The molecule has 10 heteroatoms. The van der Waals surface area contributed by atoms with Crippen LogP contribution in [0.25, 0.3) is 10.8 Å². The number of carboxylic acid groups (broad SMARTS) is 1. The Kier molecular flexibility index (Phi) is 10.3. The lowest BCUT2D eigenvalue weighted by Crippen LogP contribution is -2.51. The van der Waals surface area contributed by atoms with E-state index in [0.29, 0.717) is 12.2 Å². The maximum Gasteiger partial charge on any atom is 0.329 e. The number of esters is 1. The highest BCUT2D eigenvalue weighted by Gasteiger charge is 2.28. The summed E-state index contributed by atoms with van der Waals surface area (Å²) in [5.41, 5.74) is 0.660. The highest BCUT2D eigenvalue weighted by molar-refractivity contribution is 5.98. The molecule has 3 amide bonds. The molecule has 0 aromatic heterocycles. The van der Waals surface area contributed by atoms with Crippen LogP contribution >= 0.6 is 0 Å². The first-order valence-electron chi connectivity index (χ1n) is 12.2. The van der Waals surface area contributed by atoms with Crippen LogP contribution in [0, 0.1) is 0 Å². The first kappa shape index (κ1) is 28.6. The number of urea groups is 1. The average molecular weight is 532 g/mol. The van der Waals surface area contributed by atoms with Crippen LogP contribution < -0.4 is 10.2 Å². The minimum atomic E-state index is -1.38. The smallest absolute Gasteiger partial charge is 0.329 e. The Bertz CT molecular complexity index is 1290. The third-order valence-electron chi connectivity index (χ3n) is 5.61. The molecule has 3 aromatic carbocycles. The average Bonchev–Trinajstić information content (AvgIpc) is 2.93. The number of amides is 3. The second-order valence-corrected chi connectivity index (χ2v) is 8.55. The zero-order valence-electron chi connectivity index (χ0n) is 21.4. The Morgan fingerprint density at radius 3 is 2.03 bits per heavy atom. The van der Waals surface area contributed by atoms with Gasteiger partial charge >= 0.3 is 18.0 Å². The minimum absolute atomic E-state index is 0.337. The van der Waals surface area contributed by atoms with Gasteiger partial charge in [0.25, 0.3) is 0 Å². The number of para-hydroxylation sites is 1. The molecule has 1 unspecified atom stereocenters. The summed E-state index contributed by atoms with van der Waals surface area (Å²) in [6.07, 6.45) is 2.47. The van der Waals surface area contributed by atoms with Crippen LogP contribution in [0.15, 0.2) is 91.1 Å². The summed E-state index contributed by atoms with van der Waals surface area (Å²) in [5.74, 6) is -3.50. The predicted molar refractivity (Wildman–Crippen MR) is 145 cm³/mol. The quantitative estimate of drug-likeness (QED) is 0.405. The van der Waals surface area contributed by atoms with E-state index < -0.39 is 55.3 Å². The number of nitrogens with zero attached hydrogens (tertiary/aromatic N) is 2. The summed E-state index contributed by atoms with van der Waals surface area (Å²) in [6, 6.07) is 23.8. The number of anilines is 1. The standard InChI is InChI=1S/C19H21N3O7.C10H8/c1-13(23)29-12-16(24)15(10-18(26)27)20-17(25)11-21-8-5-9-22(19(21)28)14-6-3-2-4-7-14;1-2-6-10-8-4-3-7-9(10)5-1/h2-8,15H,9-12H2,1H3,(H,20,25)(H,26,27);1-8H. The van der Waals surface area contributed by atoms with E-state index in [1.165, 1.54) is 21.9 Å². The summed E-state index contributed by atoms with van der Waals surface area (Å²) in [7, 11) is 0. The van der Waals surface area contributed by atoms with Gasteiger partial charge in [-0.25, -0.2) is 4.79 Å². The number of benzene rings is 3. The van der Waals surface area contributed by atoms with Crippen molar-refractivity contribution in [2.24, 2.45) is 0 Å². The number of ether oxygens (including phenoxy) is 1. The number of ketones is 1. The molecule has 1 atom stereocenters. The van der Waals surface area contributed by atoms with E-state index in [9.17, 15) is 24.0 Å². The Morgan fingerprint density at radius 2 is 1.49 bits per heavy atom. The number of hydrogen-bond donors (Lipinski definition) is 2. The summed E-state index contributed by atoms with van der Waals surface area (Å²) < 4.78 is 4.56. The Balaban J connectivity index is 0.000000346. The molecule has 0 saturated carbocycles. The van der Waals surface area contributed by atoms with Gasteiger partial charge in [-0.15, -0.1) is 0 Å². The summed E-state index contributed by atoms with van der Waals surface area (Å²) in [5, 5.41) is 13.9. The van der Waals surface area contributed by atoms with Crippen molar-refractivity contribution in [1.82, 2.24) is 10.2 Å². The monoisotopic (exact) mass is 531 g/mol. The van der Waals surface area contributed by atoms with E-state index in [1.54, 1.807) is 30.3 Å². The van der Waals surface area contributed by atoms with Gasteiger partial charge in [-0.1, -0.05) is 66.7 Å². The third kappa shape index (κ3) is 8.81. The number of nitrogens with one attached hydrogen (secondary N) is 1. The van der Waals surface area contributed by atoms with Crippen molar-refractivity contribution in [3.8, 4) is 0 Å². The Morgan fingerprint density at radius 1 is 0.923 bits per heavy atom. The Hall–Kier alpha value is -4.99. The molecule has 0 saturated heterocycles. The van der Waals surface area contributed by atoms with Gasteiger partial charge < -0.3 is 15.2 Å². The normalized spacial score (nSPS) is 13.2. The number of hydrogen-bond acceptors (Lipinski definition) is 6. The van der Waals surface area contributed by atoms with E-state index in [2.05, 4.69) is 58.6 Å². The van der Waals surface area contributed by atoms with E-state index in [-0.39, 0.29) is 0 Å². The van der Waals surface area contributed by atoms with Gasteiger partial charge in [0.2, 0.25) is 5.91 Å². The molecule has 0 fully saturated rings. The Labute approximate surface area is 225 Å². The van der Waals surface area contributed by atoms with Gasteiger partial charge in [-0.2, -0.15) is 0 Å². The topological polar surface area (TPSA) is 133 Å². The van der Waals surface area contributed by atoms with Crippen LogP contribution in [0.1, 0.15) is 13.3 Å². The molecule has 1 heterocycles. The largest absolute Gasteiger partial charge is 0.481 e. The number of fused-ring (bicyclic) bond motifs is 1. The van der Waals surface area contributed by atoms with Gasteiger partial charge in [0.1, 0.15) is 12.6 Å². The first-order valence-corrected chi connectivity index (χ1v) is 12.2. The number of Topliss-reactive ketones (excluding diaryl/α,β-unsaturated/α-hetero) is 1. The highest BCUT2D eigenvalue weighted by atomic mass is 16.5. The van der Waals surface area contributed by atoms with Crippen LogP contribution in [-0.2, 0) is 23.9 Å². The van der Waals surface area contributed by atoms with E-state index in [1.807, 2.05) is 6.07 Å². The molecule has 1 aliphatic rings.